The monoisotopic (exact) mass is 425 g/mol. The Morgan fingerprint density at radius 2 is 0.885 bits per heavy atom. The summed E-state index contributed by atoms with van der Waals surface area (Å²) in [6.07, 6.45) is -11.1. The zero-order chi connectivity index (χ0) is 21.6. The van der Waals surface area contributed by atoms with Gasteiger partial charge in [0, 0.05) is 0 Å². The summed E-state index contributed by atoms with van der Waals surface area (Å²) in [6, 6.07) is 0. The molecule has 0 aliphatic carbocycles. The molecule has 0 aliphatic heterocycles. The maximum Gasteiger partial charge on any atom is 0.384 e. The molecular formula is C9H2F15NO. The fourth-order valence-electron chi connectivity index (χ4n) is 1.23. The third kappa shape index (κ3) is 2.99. The van der Waals surface area contributed by atoms with Crippen LogP contribution in [0.3, 0.4) is 0 Å². The predicted molar refractivity (Wildman–Crippen MR) is 48.7 cm³/mol. The van der Waals surface area contributed by atoms with Gasteiger partial charge in [-0.05, 0) is 0 Å². The van der Waals surface area contributed by atoms with Crippen molar-refractivity contribution in [2.75, 3.05) is 0 Å². The number of hydrogen-bond donors (Lipinski definition) is 0. The first-order valence-corrected chi connectivity index (χ1v) is 5.44. The van der Waals surface area contributed by atoms with Crippen molar-refractivity contribution < 1.29 is 70.7 Å². The van der Waals surface area contributed by atoms with E-state index < -0.39 is 48.3 Å². The maximum atomic E-state index is 13.0. The molecule has 154 valence electrons. The van der Waals surface area contributed by atoms with Crippen LogP contribution in [0.15, 0.2) is 4.99 Å². The molecule has 0 radical (unpaired) electrons. The number of isocyanates is 1. The minimum atomic E-state index is -8.25. The van der Waals surface area contributed by atoms with Gasteiger partial charge in [0.1, 0.15) is 0 Å². The predicted octanol–water partition coefficient (Wildman–Crippen LogP) is 4.69. The molecule has 0 amide bonds. The Morgan fingerprint density at radius 1 is 0.577 bits per heavy atom. The van der Waals surface area contributed by atoms with E-state index in [1.54, 1.807) is 0 Å². The smallest absolute Gasteiger partial charge is 0.214 e. The summed E-state index contributed by atoms with van der Waals surface area (Å²) in [7, 11) is 0. The summed E-state index contributed by atoms with van der Waals surface area (Å²) < 4.78 is 190. The zero-order valence-corrected chi connectivity index (χ0v) is 11.2. The van der Waals surface area contributed by atoms with E-state index in [1.807, 2.05) is 0 Å². The highest BCUT2D eigenvalue weighted by atomic mass is 19.4. The standard InChI is InChI=1S/C9H2F15NO/c10-2(11)4(13,14)6(17,18)8(21,22)9(23,24)7(19,20)5(15,16)3(12)25-1-26/h2-3H. The fourth-order valence-corrected chi connectivity index (χ4v) is 1.23. The summed E-state index contributed by atoms with van der Waals surface area (Å²) in [6.45, 7) is 0. The van der Waals surface area contributed by atoms with Gasteiger partial charge < -0.3 is 0 Å². The molecule has 0 saturated carbocycles. The first-order valence-electron chi connectivity index (χ1n) is 5.44. The van der Waals surface area contributed by atoms with Crippen molar-refractivity contribution >= 4 is 6.08 Å². The minimum absolute atomic E-state index is 0.208. The molecule has 0 bridgehead atoms. The molecule has 0 aromatic heterocycles. The Hall–Kier alpha value is -1.67. The van der Waals surface area contributed by atoms with Crippen LogP contribution in [0, 0.1) is 0 Å². The zero-order valence-electron chi connectivity index (χ0n) is 11.2. The number of halogens is 15. The van der Waals surface area contributed by atoms with Crippen LogP contribution in [0.5, 0.6) is 0 Å². The highest BCUT2D eigenvalue weighted by Gasteiger charge is 2.92. The topological polar surface area (TPSA) is 29.4 Å². The molecule has 0 spiro atoms. The third-order valence-corrected chi connectivity index (χ3v) is 2.76. The molecule has 0 aromatic rings. The van der Waals surface area contributed by atoms with E-state index in [0.717, 1.165) is 4.99 Å². The molecule has 0 heterocycles. The fraction of sp³-hybridized carbons (Fsp3) is 0.889. The lowest BCUT2D eigenvalue weighted by atomic mass is 9.91. The van der Waals surface area contributed by atoms with E-state index in [4.69, 9.17) is 0 Å². The van der Waals surface area contributed by atoms with E-state index in [1.165, 1.54) is 0 Å². The Kier molecular flexibility index (Phi) is 6.08. The molecule has 0 aliphatic rings. The number of hydrogen-bond acceptors (Lipinski definition) is 2. The molecular weight excluding hydrogens is 423 g/mol. The van der Waals surface area contributed by atoms with Gasteiger partial charge in [0.25, 0.3) is 6.30 Å². The first kappa shape index (κ1) is 24.3. The maximum absolute atomic E-state index is 13.0. The summed E-state index contributed by atoms with van der Waals surface area (Å²) in [5.41, 5.74) is 0. The Bertz CT molecular complexity index is 563. The van der Waals surface area contributed by atoms with Gasteiger partial charge in [0.2, 0.25) is 6.08 Å². The molecule has 1 unspecified atom stereocenters. The van der Waals surface area contributed by atoms with Crippen molar-refractivity contribution in [2.24, 2.45) is 4.99 Å². The molecule has 0 N–H and O–H groups in total. The van der Waals surface area contributed by atoms with Crippen LogP contribution in [-0.2, 0) is 4.79 Å². The van der Waals surface area contributed by atoms with E-state index in [-0.39, 0.29) is 6.08 Å². The molecule has 2 nitrogen and oxygen atoms in total. The highest BCUT2D eigenvalue weighted by Crippen LogP contribution is 2.61. The summed E-state index contributed by atoms with van der Waals surface area (Å²) >= 11 is 0. The number of alkyl halides is 15. The lowest BCUT2D eigenvalue weighted by Gasteiger charge is -2.41. The van der Waals surface area contributed by atoms with Crippen molar-refractivity contribution in [3.8, 4) is 0 Å². The van der Waals surface area contributed by atoms with E-state index in [2.05, 4.69) is 0 Å². The molecule has 0 saturated heterocycles. The van der Waals surface area contributed by atoms with Gasteiger partial charge in [-0.15, -0.1) is 0 Å². The van der Waals surface area contributed by atoms with Crippen molar-refractivity contribution in [3.63, 3.8) is 0 Å². The average Bonchev–Trinajstić information content (AvgIpc) is 2.45. The van der Waals surface area contributed by atoms with Gasteiger partial charge in [0.05, 0.1) is 0 Å². The second kappa shape index (κ2) is 6.49. The summed E-state index contributed by atoms with van der Waals surface area (Å²) in [4.78, 5) is 10.6. The van der Waals surface area contributed by atoms with Crippen LogP contribution in [-0.4, -0.2) is 54.3 Å². The van der Waals surface area contributed by atoms with E-state index in [0.29, 0.717) is 0 Å². The van der Waals surface area contributed by atoms with Gasteiger partial charge in [0.15, 0.2) is 0 Å². The van der Waals surface area contributed by atoms with E-state index in [9.17, 15) is 70.7 Å². The second-order valence-corrected chi connectivity index (χ2v) is 4.40. The lowest BCUT2D eigenvalue weighted by molar-refractivity contribution is -0.435. The SMILES string of the molecule is O=C=NC(F)C(F)(F)C(F)(F)C(F)(F)C(F)(F)C(F)(F)C(F)(F)C(F)F. The number of aliphatic imine (C=N–C) groups is 1. The minimum Gasteiger partial charge on any atom is -0.214 e. The number of nitrogens with zero attached hydrogens (tertiary/aromatic N) is 1. The second-order valence-electron chi connectivity index (χ2n) is 4.40. The van der Waals surface area contributed by atoms with Crippen LogP contribution >= 0.6 is 0 Å². The van der Waals surface area contributed by atoms with Gasteiger partial charge >= 0.3 is 42.0 Å². The van der Waals surface area contributed by atoms with Crippen LogP contribution in [0.1, 0.15) is 0 Å². The van der Waals surface area contributed by atoms with Crippen molar-refractivity contribution in [3.05, 3.63) is 0 Å². The summed E-state index contributed by atoms with van der Waals surface area (Å²) in [5, 5.41) is 0. The van der Waals surface area contributed by atoms with Crippen LogP contribution < -0.4 is 0 Å². The molecule has 26 heavy (non-hydrogen) atoms. The number of carbonyl (C=O) groups excluding carboxylic acids is 1. The molecule has 0 aromatic carbocycles. The molecule has 17 heteroatoms. The largest absolute Gasteiger partial charge is 0.384 e. The van der Waals surface area contributed by atoms with Gasteiger partial charge in [-0.25, -0.2) is 18.0 Å². The Balaban J connectivity index is 6.48. The molecule has 0 fully saturated rings. The number of rotatable bonds is 8. The Morgan fingerprint density at radius 3 is 1.15 bits per heavy atom. The van der Waals surface area contributed by atoms with Gasteiger partial charge in [-0.3, -0.25) is 0 Å². The summed E-state index contributed by atoms with van der Waals surface area (Å²) in [5.74, 6) is -46.9. The quantitative estimate of drug-likeness (QED) is 0.240. The van der Waals surface area contributed by atoms with Crippen molar-refractivity contribution in [1.29, 1.82) is 0 Å². The van der Waals surface area contributed by atoms with Gasteiger partial charge in [-0.1, -0.05) is 0 Å². The van der Waals surface area contributed by atoms with Gasteiger partial charge in [-0.2, -0.15) is 57.7 Å². The average molecular weight is 425 g/mol. The lowest BCUT2D eigenvalue weighted by Crippen LogP contribution is -2.72. The third-order valence-electron chi connectivity index (χ3n) is 2.76. The van der Waals surface area contributed by atoms with Crippen LogP contribution in [0.2, 0.25) is 0 Å². The molecule has 0 rings (SSSR count). The van der Waals surface area contributed by atoms with E-state index >= 15 is 0 Å². The van der Waals surface area contributed by atoms with Crippen LogP contribution in [0.4, 0.5) is 65.9 Å². The molecule has 1 atom stereocenters. The van der Waals surface area contributed by atoms with Crippen molar-refractivity contribution in [1.82, 2.24) is 0 Å². The first-order chi connectivity index (χ1) is 11.2. The van der Waals surface area contributed by atoms with Crippen LogP contribution in [0.25, 0.3) is 0 Å². The normalized spacial score (nSPS) is 16.5. The Labute approximate surface area is 131 Å². The van der Waals surface area contributed by atoms with Crippen molar-refractivity contribution in [2.45, 2.75) is 48.3 Å². The highest BCUT2D eigenvalue weighted by molar-refractivity contribution is 5.33.